The first-order valence-corrected chi connectivity index (χ1v) is 10.7. The highest BCUT2D eigenvalue weighted by Gasteiger charge is 2.36. The van der Waals surface area contributed by atoms with Crippen molar-refractivity contribution in [3.63, 3.8) is 0 Å². The molecule has 8 heteroatoms. The molecule has 3 aromatic rings. The van der Waals surface area contributed by atoms with E-state index in [1.807, 2.05) is 30.3 Å². The number of hydrogen-bond donors (Lipinski definition) is 0. The van der Waals surface area contributed by atoms with Gasteiger partial charge in [-0.15, -0.1) is 0 Å². The summed E-state index contributed by atoms with van der Waals surface area (Å²) in [7, 11) is 0. The zero-order valence-corrected chi connectivity index (χ0v) is 17.7. The van der Waals surface area contributed by atoms with Crippen molar-refractivity contribution in [1.29, 1.82) is 0 Å². The first kappa shape index (κ1) is 21.2. The second-order valence-corrected chi connectivity index (χ2v) is 8.09. The number of carbonyl (C=O) groups excluding carboxylic acids is 2. The molecule has 0 N–H and O–H groups in total. The second kappa shape index (κ2) is 9.07. The zero-order valence-electron chi connectivity index (χ0n) is 17.7. The van der Waals surface area contributed by atoms with E-state index in [2.05, 4.69) is 0 Å². The van der Waals surface area contributed by atoms with Gasteiger partial charge in [0, 0.05) is 29.7 Å². The van der Waals surface area contributed by atoms with E-state index in [0.717, 1.165) is 5.56 Å². The van der Waals surface area contributed by atoms with Gasteiger partial charge in [-0.2, -0.15) is 0 Å². The quantitative estimate of drug-likeness (QED) is 0.525. The Kier molecular flexibility index (Phi) is 5.83. The molecule has 0 saturated carbocycles. The van der Waals surface area contributed by atoms with Crippen LogP contribution in [0, 0.1) is 11.7 Å². The predicted molar refractivity (Wildman–Crippen MR) is 113 cm³/mol. The van der Waals surface area contributed by atoms with Crippen LogP contribution >= 0.6 is 0 Å². The minimum atomic E-state index is -0.638. The molecule has 0 radical (unpaired) electrons. The number of hydrogen-bond acceptors (Lipinski definition) is 6. The lowest BCUT2D eigenvalue weighted by Gasteiger charge is -2.28. The van der Waals surface area contributed by atoms with E-state index >= 15 is 0 Å². The van der Waals surface area contributed by atoms with E-state index in [1.165, 1.54) is 18.4 Å². The number of ether oxygens (including phenoxy) is 3. The number of fused-ring (bicyclic) bond motifs is 1. The third kappa shape index (κ3) is 4.61. The second-order valence-electron chi connectivity index (χ2n) is 8.09. The normalized spacial score (nSPS) is 19.8. The van der Waals surface area contributed by atoms with Crippen LogP contribution in [0.15, 0.2) is 65.3 Å². The average molecular weight is 451 g/mol. The number of amides is 1. The van der Waals surface area contributed by atoms with Crippen LogP contribution in [0.2, 0.25) is 0 Å². The van der Waals surface area contributed by atoms with Crippen molar-refractivity contribution in [3.05, 3.63) is 89.1 Å². The number of benzene rings is 2. The van der Waals surface area contributed by atoms with Crippen LogP contribution in [0.25, 0.3) is 0 Å². The highest BCUT2D eigenvalue weighted by atomic mass is 19.1. The molecule has 33 heavy (non-hydrogen) atoms. The van der Waals surface area contributed by atoms with Crippen LogP contribution < -0.4 is 4.74 Å². The summed E-state index contributed by atoms with van der Waals surface area (Å²) in [6.45, 7) is 0.567. The molecule has 0 aliphatic carbocycles. The Bertz CT molecular complexity index is 1150. The fourth-order valence-electron chi connectivity index (χ4n) is 4.10. The van der Waals surface area contributed by atoms with E-state index in [0.29, 0.717) is 29.2 Å². The van der Waals surface area contributed by atoms with Crippen LogP contribution in [0.5, 0.6) is 5.75 Å². The molecule has 1 amide bonds. The van der Waals surface area contributed by atoms with Gasteiger partial charge in [-0.05, 0) is 24.3 Å². The highest BCUT2D eigenvalue weighted by Crippen LogP contribution is 2.37. The minimum absolute atomic E-state index is 0.0707. The van der Waals surface area contributed by atoms with Gasteiger partial charge in [-0.1, -0.05) is 30.3 Å². The molecule has 0 unspecified atom stereocenters. The van der Waals surface area contributed by atoms with Crippen molar-refractivity contribution in [2.24, 2.45) is 5.92 Å². The van der Waals surface area contributed by atoms with Crippen molar-refractivity contribution in [1.82, 2.24) is 4.90 Å². The molecular formula is C25H22FNO6. The van der Waals surface area contributed by atoms with Gasteiger partial charge in [-0.3, -0.25) is 9.59 Å². The summed E-state index contributed by atoms with van der Waals surface area (Å²) in [6.07, 6.45) is 0.971. The maximum absolute atomic E-state index is 14.2. The maximum Gasteiger partial charge on any atom is 0.311 e. The number of halogens is 1. The molecule has 2 aliphatic rings. The summed E-state index contributed by atoms with van der Waals surface area (Å²) in [5.74, 6) is -0.594. The Labute approximate surface area is 189 Å². The van der Waals surface area contributed by atoms with Crippen molar-refractivity contribution in [2.75, 3.05) is 6.54 Å². The Morgan fingerprint density at radius 1 is 1.15 bits per heavy atom. The largest absolute Gasteiger partial charge is 0.467 e. The van der Waals surface area contributed by atoms with Crippen molar-refractivity contribution >= 4 is 11.9 Å². The van der Waals surface area contributed by atoms with Crippen molar-refractivity contribution < 1.29 is 32.6 Å². The molecule has 0 bridgehead atoms. The lowest BCUT2D eigenvalue weighted by atomic mass is 10.1. The lowest BCUT2D eigenvalue weighted by molar-refractivity contribution is -0.150. The molecule has 7 nitrogen and oxygen atoms in total. The molecule has 1 fully saturated rings. The smallest absolute Gasteiger partial charge is 0.311 e. The van der Waals surface area contributed by atoms with Crippen LogP contribution in [-0.2, 0) is 38.8 Å². The number of furan rings is 1. The third-order valence-electron chi connectivity index (χ3n) is 5.74. The summed E-state index contributed by atoms with van der Waals surface area (Å²) < 4.78 is 36.7. The van der Waals surface area contributed by atoms with Crippen LogP contribution in [0.1, 0.15) is 35.2 Å². The summed E-state index contributed by atoms with van der Waals surface area (Å²) >= 11 is 0. The number of rotatable bonds is 6. The Morgan fingerprint density at radius 2 is 2.00 bits per heavy atom. The Balaban J connectivity index is 1.25. The molecule has 1 saturated heterocycles. The predicted octanol–water partition coefficient (Wildman–Crippen LogP) is 4.12. The molecule has 1 aromatic heterocycles. The van der Waals surface area contributed by atoms with Gasteiger partial charge in [0.25, 0.3) is 0 Å². The fourth-order valence-corrected chi connectivity index (χ4v) is 4.10. The fraction of sp³-hybridized carbons (Fsp3) is 0.280. The van der Waals surface area contributed by atoms with Gasteiger partial charge in [0.2, 0.25) is 12.2 Å². The van der Waals surface area contributed by atoms with E-state index in [1.54, 1.807) is 17.0 Å². The van der Waals surface area contributed by atoms with E-state index in [9.17, 15) is 14.0 Å². The summed E-state index contributed by atoms with van der Waals surface area (Å²) in [5.41, 5.74) is 1.80. The van der Waals surface area contributed by atoms with Crippen molar-refractivity contribution in [2.45, 2.75) is 32.5 Å². The number of likely N-dealkylation sites (tertiary alicyclic amines) is 1. The summed E-state index contributed by atoms with van der Waals surface area (Å²) in [4.78, 5) is 26.5. The highest BCUT2D eigenvalue weighted by molar-refractivity contribution is 5.86. The number of esters is 1. The SMILES string of the molecule is O=C(OCc1cc(F)cc2c1O[C@H](c1ccccc1)OC2)[C@@H]1CC(=O)N(Cc2ccco2)C1. The van der Waals surface area contributed by atoms with Gasteiger partial charge in [0.05, 0.1) is 25.3 Å². The van der Waals surface area contributed by atoms with E-state index in [-0.39, 0.29) is 32.1 Å². The molecule has 0 spiro atoms. The van der Waals surface area contributed by atoms with Gasteiger partial charge < -0.3 is 23.5 Å². The monoisotopic (exact) mass is 451 g/mol. The van der Waals surface area contributed by atoms with Crippen LogP contribution in [0.4, 0.5) is 4.39 Å². The number of carbonyl (C=O) groups is 2. The molecule has 170 valence electrons. The topological polar surface area (TPSA) is 78.2 Å². The van der Waals surface area contributed by atoms with E-state index < -0.39 is 24.0 Å². The molecular weight excluding hydrogens is 429 g/mol. The lowest BCUT2D eigenvalue weighted by Crippen LogP contribution is -2.26. The van der Waals surface area contributed by atoms with E-state index in [4.69, 9.17) is 18.6 Å². The Hall–Kier alpha value is -3.65. The van der Waals surface area contributed by atoms with Gasteiger partial charge >= 0.3 is 5.97 Å². The van der Waals surface area contributed by atoms with Gasteiger partial charge in [-0.25, -0.2) is 4.39 Å². The third-order valence-corrected chi connectivity index (χ3v) is 5.74. The molecule has 3 heterocycles. The molecule has 2 aliphatic heterocycles. The van der Waals surface area contributed by atoms with Crippen LogP contribution in [-0.4, -0.2) is 23.3 Å². The summed E-state index contributed by atoms with van der Waals surface area (Å²) in [5, 5.41) is 0. The molecule has 2 aromatic carbocycles. The average Bonchev–Trinajstić information content (AvgIpc) is 3.47. The minimum Gasteiger partial charge on any atom is -0.467 e. The standard InChI is InChI=1S/C25H22FNO6/c26-20-9-18(23-19(10-20)15-32-25(33-23)16-5-2-1-3-6-16)14-31-24(29)17-11-22(28)27(12-17)13-21-7-4-8-30-21/h1-10,17,25H,11-15H2/t17-,25-/m1/s1. The zero-order chi connectivity index (χ0) is 22.8. The van der Waals surface area contributed by atoms with Crippen LogP contribution in [0.3, 0.4) is 0 Å². The molecule has 2 atom stereocenters. The van der Waals surface area contributed by atoms with Gasteiger partial charge in [0.15, 0.2) is 0 Å². The van der Waals surface area contributed by atoms with Crippen molar-refractivity contribution in [3.8, 4) is 5.75 Å². The van der Waals surface area contributed by atoms with Gasteiger partial charge in [0.1, 0.15) is 23.9 Å². The maximum atomic E-state index is 14.2. The first-order chi connectivity index (χ1) is 16.1. The first-order valence-electron chi connectivity index (χ1n) is 10.7. The molecule has 5 rings (SSSR count). The number of nitrogens with zero attached hydrogens (tertiary/aromatic N) is 1. The summed E-state index contributed by atoms with van der Waals surface area (Å²) in [6, 6.07) is 15.6. The Morgan fingerprint density at radius 3 is 2.79 bits per heavy atom.